The Bertz CT molecular complexity index is 859. The molecule has 3 rings (SSSR count). The molecule has 0 aliphatic rings. The summed E-state index contributed by atoms with van der Waals surface area (Å²) >= 11 is 6.05. The van der Waals surface area contributed by atoms with Crippen molar-refractivity contribution < 1.29 is 0 Å². The number of aryl methyl sites for hydroxylation is 1. The van der Waals surface area contributed by atoms with E-state index in [0.717, 1.165) is 16.6 Å². The van der Waals surface area contributed by atoms with Gasteiger partial charge in [0.1, 0.15) is 0 Å². The highest BCUT2D eigenvalue weighted by molar-refractivity contribution is 6.31. The lowest BCUT2D eigenvalue weighted by molar-refractivity contribution is 0.854. The van der Waals surface area contributed by atoms with Crippen molar-refractivity contribution in [3.05, 3.63) is 76.2 Å². The van der Waals surface area contributed by atoms with Crippen LogP contribution >= 0.6 is 11.6 Å². The maximum Gasteiger partial charge on any atom is 0.333 e. The van der Waals surface area contributed by atoms with Gasteiger partial charge in [0.2, 0.25) is 0 Å². The number of nitrogens with zero attached hydrogens (tertiary/aromatic N) is 2. The van der Waals surface area contributed by atoms with E-state index in [9.17, 15) is 4.79 Å². The summed E-state index contributed by atoms with van der Waals surface area (Å²) < 4.78 is 3.19. The van der Waals surface area contributed by atoms with E-state index in [0.29, 0.717) is 10.7 Å². The smallest absolute Gasteiger partial charge is 0.295 e. The van der Waals surface area contributed by atoms with Gasteiger partial charge in [0, 0.05) is 12.1 Å². The van der Waals surface area contributed by atoms with Crippen LogP contribution in [0.4, 0.5) is 0 Å². The van der Waals surface area contributed by atoms with Crippen molar-refractivity contribution in [3.8, 4) is 0 Å². The molecular formula is C16H13ClN2O. The first-order valence-corrected chi connectivity index (χ1v) is 6.59. The van der Waals surface area contributed by atoms with Crippen molar-refractivity contribution in [2.45, 2.75) is 0 Å². The van der Waals surface area contributed by atoms with Gasteiger partial charge in [0.05, 0.1) is 16.7 Å². The van der Waals surface area contributed by atoms with Gasteiger partial charge in [-0.15, -0.1) is 0 Å². The average Bonchev–Trinajstić information content (AvgIpc) is 2.71. The van der Waals surface area contributed by atoms with E-state index >= 15 is 0 Å². The highest BCUT2D eigenvalue weighted by atomic mass is 35.5. The van der Waals surface area contributed by atoms with Crippen molar-refractivity contribution in [1.82, 2.24) is 9.13 Å². The largest absolute Gasteiger partial charge is 0.333 e. The lowest BCUT2D eigenvalue weighted by Gasteiger charge is -2.07. The second kappa shape index (κ2) is 4.69. The Morgan fingerprint density at radius 2 is 1.80 bits per heavy atom. The third kappa shape index (κ3) is 1.87. The SMILES string of the molecule is C=C(c1ccccc1)n1c(=O)n(C)c2ccc(Cl)cc21. The number of rotatable bonds is 2. The lowest BCUT2D eigenvalue weighted by Crippen LogP contribution is -2.21. The molecule has 0 unspecified atom stereocenters. The summed E-state index contributed by atoms with van der Waals surface area (Å²) in [5, 5.41) is 0.595. The molecule has 2 aromatic carbocycles. The maximum atomic E-state index is 12.4. The van der Waals surface area contributed by atoms with Crippen LogP contribution in [0.2, 0.25) is 5.02 Å². The van der Waals surface area contributed by atoms with Crippen LogP contribution < -0.4 is 5.69 Å². The van der Waals surface area contributed by atoms with Crippen molar-refractivity contribution >= 4 is 28.3 Å². The second-order valence-corrected chi connectivity index (χ2v) is 5.06. The fraction of sp³-hybridized carbons (Fsp3) is 0.0625. The molecule has 20 heavy (non-hydrogen) atoms. The molecule has 0 fully saturated rings. The molecule has 0 radical (unpaired) electrons. The Morgan fingerprint density at radius 1 is 1.10 bits per heavy atom. The fourth-order valence-corrected chi connectivity index (χ4v) is 2.50. The van der Waals surface area contributed by atoms with E-state index in [-0.39, 0.29) is 5.69 Å². The van der Waals surface area contributed by atoms with E-state index in [1.165, 1.54) is 0 Å². The highest BCUT2D eigenvalue weighted by Crippen LogP contribution is 2.23. The Morgan fingerprint density at radius 3 is 2.50 bits per heavy atom. The van der Waals surface area contributed by atoms with Crippen LogP contribution in [0.5, 0.6) is 0 Å². The predicted molar refractivity (Wildman–Crippen MR) is 83.1 cm³/mol. The van der Waals surface area contributed by atoms with Gasteiger partial charge in [-0.2, -0.15) is 0 Å². The van der Waals surface area contributed by atoms with Crippen LogP contribution in [-0.4, -0.2) is 9.13 Å². The number of aromatic nitrogens is 2. The second-order valence-electron chi connectivity index (χ2n) is 4.62. The summed E-state index contributed by atoms with van der Waals surface area (Å²) in [6, 6.07) is 15.0. The zero-order valence-electron chi connectivity index (χ0n) is 11.0. The average molecular weight is 285 g/mol. The van der Waals surface area contributed by atoms with E-state index in [1.807, 2.05) is 36.4 Å². The van der Waals surface area contributed by atoms with Gasteiger partial charge in [-0.3, -0.25) is 9.13 Å². The molecule has 3 aromatic rings. The van der Waals surface area contributed by atoms with Crippen molar-refractivity contribution in [1.29, 1.82) is 0 Å². The first kappa shape index (κ1) is 12.8. The summed E-state index contributed by atoms with van der Waals surface area (Å²) in [4.78, 5) is 12.4. The van der Waals surface area contributed by atoms with Gasteiger partial charge >= 0.3 is 5.69 Å². The van der Waals surface area contributed by atoms with E-state index in [4.69, 9.17) is 11.6 Å². The van der Waals surface area contributed by atoms with Crippen LogP contribution in [0.1, 0.15) is 5.56 Å². The normalized spacial score (nSPS) is 10.9. The van der Waals surface area contributed by atoms with Gasteiger partial charge < -0.3 is 0 Å². The third-order valence-corrected chi connectivity index (χ3v) is 3.63. The van der Waals surface area contributed by atoms with E-state index in [1.54, 1.807) is 28.3 Å². The van der Waals surface area contributed by atoms with Gasteiger partial charge in [-0.25, -0.2) is 4.79 Å². The molecule has 0 amide bonds. The number of fused-ring (bicyclic) bond motifs is 1. The summed E-state index contributed by atoms with van der Waals surface area (Å²) in [6.07, 6.45) is 0. The molecule has 0 bridgehead atoms. The van der Waals surface area contributed by atoms with Gasteiger partial charge in [-0.05, 0) is 23.8 Å². The molecule has 0 saturated carbocycles. The quantitative estimate of drug-likeness (QED) is 0.707. The maximum absolute atomic E-state index is 12.4. The molecule has 100 valence electrons. The Balaban J connectivity index is 2.32. The van der Waals surface area contributed by atoms with Crippen molar-refractivity contribution in [3.63, 3.8) is 0 Å². The minimum Gasteiger partial charge on any atom is -0.295 e. The molecular weight excluding hydrogens is 272 g/mol. The Kier molecular flexibility index (Phi) is 2.99. The monoisotopic (exact) mass is 284 g/mol. The molecule has 0 spiro atoms. The van der Waals surface area contributed by atoms with Crippen LogP contribution in [0.25, 0.3) is 16.7 Å². The van der Waals surface area contributed by atoms with Crippen molar-refractivity contribution in [2.24, 2.45) is 7.05 Å². The number of hydrogen-bond acceptors (Lipinski definition) is 1. The first-order valence-electron chi connectivity index (χ1n) is 6.21. The predicted octanol–water partition coefficient (Wildman–Crippen LogP) is 3.51. The fourth-order valence-electron chi connectivity index (χ4n) is 2.34. The first-order chi connectivity index (χ1) is 9.59. The summed E-state index contributed by atoms with van der Waals surface area (Å²) in [5.41, 5.74) is 3.01. The van der Waals surface area contributed by atoms with Crippen LogP contribution in [0.3, 0.4) is 0 Å². The molecule has 0 atom stereocenters. The Hall–Kier alpha value is -2.26. The lowest BCUT2D eigenvalue weighted by atomic mass is 10.1. The van der Waals surface area contributed by atoms with Gasteiger partial charge in [-0.1, -0.05) is 48.5 Å². The topological polar surface area (TPSA) is 26.9 Å². The number of benzene rings is 2. The molecule has 3 nitrogen and oxygen atoms in total. The Labute approximate surface area is 121 Å². The summed E-state index contributed by atoms with van der Waals surface area (Å²) in [7, 11) is 1.74. The number of hydrogen-bond donors (Lipinski definition) is 0. The zero-order valence-corrected chi connectivity index (χ0v) is 11.8. The molecule has 1 heterocycles. The standard InChI is InChI=1S/C16H13ClN2O/c1-11(12-6-4-3-5-7-12)19-15-10-13(17)8-9-14(15)18(2)16(19)20/h3-10H,1H2,2H3. The van der Waals surface area contributed by atoms with E-state index < -0.39 is 0 Å². The molecule has 0 N–H and O–H groups in total. The number of imidazole rings is 1. The minimum atomic E-state index is -0.129. The highest BCUT2D eigenvalue weighted by Gasteiger charge is 2.14. The summed E-state index contributed by atoms with van der Waals surface area (Å²) in [5.74, 6) is 0. The van der Waals surface area contributed by atoms with Crippen LogP contribution in [-0.2, 0) is 7.05 Å². The van der Waals surface area contributed by atoms with Crippen LogP contribution in [0, 0.1) is 0 Å². The third-order valence-electron chi connectivity index (χ3n) is 3.39. The van der Waals surface area contributed by atoms with Gasteiger partial charge in [0.15, 0.2) is 0 Å². The molecule has 0 aliphatic carbocycles. The zero-order chi connectivity index (χ0) is 14.3. The molecule has 0 aliphatic heterocycles. The molecule has 1 aromatic heterocycles. The molecule has 0 saturated heterocycles. The molecule has 4 heteroatoms. The number of halogens is 1. The minimum absolute atomic E-state index is 0.129. The van der Waals surface area contributed by atoms with Crippen molar-refractivity contribution in [2.75, 3.05) is 0 Å². The summed E-state index contributed by atoms with van der Waals surface area (Å²) in [6.45, 7) is 4.06. The van der Waals surface area contributed by atoms with E-state index in [2.05, 4.69) is 6.58 Å². The van der Waals surface area contributed by atoms with Crippen LogP contribution in [0.15, 0.2) is 59.9 Å². The van der Waals surface area contributed by atoms with Gasteiger partial charge in [0.25, 0.3) is 0 Å².